The van der Waals surface area contributed by atoms with Gasteiger partial charge in [0.05, 0.1) is 19.8 Å². The lowest BCUT2D eigenvalue weighted by molar-refractivity contribution is -0.144. The molecule has 4 rings (SSSR count). The number of benzene rings is 2. The van der Waals surface area contributed by atoms with Gasteiger partial charge in [0.1, 0.15) is 11.5 Å². The Kier molecular flexibility index (Phi) is 6.65. The van der Waals surface area contributed by atoms with E-state index in [0.29, 0.717) is 50.4 Å². The first-order valence-corrected chi connectivity index (χ1v) is 10.8. The lowest BCUT2D eigenvalue weighted by Gasteiger charge is -2.09. The number of Topliss-reactive ketones (excluding diaryl/α,β-unsaturated/α-hetero) is 2. The highest BCUT2D eigenvalue weighted by atomic mass is 16.5. The molecule has 0 atom stereocenters. The fourth-order valence-corrected chi connectivity index (χ4v) is 3.93. The zero-order chi connectivity index (χ0) is 21.6. The summed E-state index contributed by atoms with van der Waals surface area (Å²) in [4.78, 5) is 35.4. The normalized spacial score (nSPS) is 14.3. The van der Waals surface area contributed by atoms with Crippen LogP contribution in [-0.4, -0.2) is 37.4 Å². The van der Waals surface area contributed by atoms with Crippen LogP contribution in [-0.2, 0) is 22.4 Å². The molecule has 0 N–H and O–H groups in total. The van der Waals surface area contributed by atoms with E-state index in [1.165, 1.54) is 0 Å². The first kappa shape index (κ1) is 21.1. The van der Waals surface area contributed by atoms with Crippen molar-refractivity contribution in [2.24, 2.45) is 0 Å². The van der Waals surface area contributed by atoms with Gasteiger partial charge in [0.15, 0.2) is 11.6 Å². The SMILES string of the molecule is O=C(CCCOc1ccc2c(c1)C(=O)CC2)OCCCOc1ccc2c(c1)C(=O)CC2. The zero-order valence-electron chi connectivity index (χ0n) is 17.5. The highest BCUT2D eigenvalue weighted by Gasteiger charge is 2.20. The van der Waals surface area contributed by atoms with Gasteiger partial charge in [0.2, 0.25) is 0 Å². The lowest BCUT2D eigenvalue weighted by atomic mass is 10.1. The van der Waals surface area contributed by atoms with Gasteiger partial charge in [-0.3, -0.25) is 14.4 Å². The van der Waals surface area contributed by atoms with Gasteiger partial charge in [-0.1, -0.05) is 12.1 Å². The number of rotatable bonds is 10. The summed E-state index contributed by atoms with van der Waals surface area (Å²) in [5.41, 5.74) is 3.68. The molecule has 0 heterocycles. The fraction of sp³-hybridized carbons (Fsp3) is 0.400. The van der Waals surface area contributed by atoms with Crippen molar-refractivity contribution in [2.75, 3.05) is 19.8 Å². The average Bonchev–Trinajstić information content (AvgIpc) is 3.33. The van der Waals surface area contributed by atoms with Crippen molar-refractivity contribution in [3.8, 4) is 11.5 Å². The molecule has 2 aromatic carbocycles. The molecule has 6 heteroatoms. The molecule has 2 aromatic rings. The number of hydrogen-bond acceptors (Lipinski definition) is 6. The molecule has 162 valence electrons. The third kappa shape index (κ3) is 5.32. The standard InChI is InChI=1S/C25H26O6/c26-23-10-6-17-4-8-19(15-21(17)23)29-12-1-3-25(28)31-14-2-13-30-20-9-5-18-7-11-24(27)22(18)16-20/h4-5,8-9,15-16H,1-3,6-7,10-14H2. The molecular formula is C25H26O6. The van der Waals surface area contributed by atoms with Crippen molar-refractivity contribution >= 4 is 17.5 Å². The number of aryl methyl sites for hydroxylation is 2. The van der Waals surface area contributed by atoms with Crippen molar-refractivity contribution in [3.63, 3.8) is 0 Å². The van der Waals surface area contributed by atoms with E-state index in [0.717, 1.165) is 35.1 Å². The maximum atomic E-state index is 11.8. The molecule has 0 radical (unpaired) electrons. The third-order valence-electron chi connectivity index (χ3n) is 5.62. The Balaban J connectivity index is 1.07. The van der Waals surface area contributed by atoms with Gasteiger partial charge < -0.3 is 14.2 Å². The first-order chi connectivity index (χ1) is 15.1. The first-order valence-electron chi connectivity index (χ1n) is 10.8. The van der Waals surface area contributed by atoms with Crippen LogP contribution in [0.4, 0.5) is 0 Å². The van der Waals surface area contributed by atoms with Crippen LogP contribution >= 0.6 is 0 Å². The highest BCUT2D eigenvalue weighted by molar-refractivity contribution is 6.01. The number of carbonyl (C=O) groups is 3. The van der Waals surface area contributed by atoms with Gasteiger partial charge in [-0.2, -0.15) is 0 Å². The number of ketones is 2. The maximum Gasteiger partial charge on any atom is 0.305 e. The monoisotopic (exact) mass is 422 g/mol. The van der Waals surface area contributed by atoms with Crippen LogP contribution in [0.25, 0.3) is 0 Å². The minimum atomic E-state index is -0.268. The number of esters is 1. The van der Waals surface area contributed by atoms with E-state index in [1.807, 2.05) is 24.3 Å². The number of ether oxygens (including phenoxy) is 3. The summed E-state index contributed by atoms with van der Waals surface area (Å²) in [6, 6.07) is 11.2. The molecule has 0 spiro atoms. The predicted octanol–water partition coefficient (Wildman–Crippen LogP) is 4.12. The van der Waals surface area contributed by atoms with Crippen molar-refractivity contribution in [1.82, 2.24) is 0 Å². The predicted molar refractivity (Wildman–Crippen MR) is 114 cm³/mol. The molecule has 0 aliphatic heterocycles. The average molecular weight is 422 g/mol. The highest BCUT2D eigenvalue weighted by Crippen LogP contribution is 2.27. The zero-order valence-corrected chi connectivity index (χ0v) is 17.5. The Morgan fingerprint density at radius 1 is 0.710 bits per heavy atom. The van der Waals surface area contributed by atoms with Crippen molar-refractivity contribution in [2.45, 2.75) is 44.9 Å². The molecular weight excluding hydrogens is 396 g/mol. The maximum absolute atomic E-state index is 11.8. The molecule has 0 unspecified atom stereocenters. The van der Waals surface area contributed by atoms with Gasteiger partial charge >= 0.3 is 5.97 Å². The van der Waals surface area contributed by atoms with Crippen LogP contribution in [0.15, 0.2) is 36.4 Å². The largest absolute Gasteiger partial charge is 0.494 e. The van der Waals surface area contributed by atoms with Gasteiger partial charge in [0.25, 0.3) is 0 Å². The number of carbonyl (C=O) groups excluding carboxylic acids is 3. The Morgan fingerprint density at radius 2 is 1.26 bits per heavy atom. The Hall–Kier alpha value is -3.15. The topological polar surface area (TPSA) is 78.9 Å². The molecule has 0 aromatic heterocycles. The van der Waals surface area contributed by atoms with Crippen LogP contribution in [0.1, 0.15) is 63.9 Å². The molecule has 31 heavy (non-hydrogen) atoms. The Bertz CT molecular complexity index is 994. The van der Waals surface area contributed by atoms with Crippen LogP contribution in [0.3, 0.4) is 0 Å². The van der Waals surface area contributed by atoms with Crippen LogP contribution in [0, 0.1) is 0 Å². The summed E-state index contributed by atoms with van der Waals surface area (Å²) < 4.78 is 16.5. The molecule has 0 amide bonds. The molecule has 2 aliphatic carbocycles. The molecule has 6 nitrogen and oxygen atoms in total. The smallest absolute Gasteiger partial charge is 0.305 e. The van der Waals surface area contributed by atoms with E-state index in [-0.39, 0.29) is 30.6 Å². The summed E-state index contributed by atoms with van der Waals surface area (Å²) in [6.45, 7) is 1.10. The lowest BCUT2D eigenvalue weighted by Crippen LogP contribution is -2.10. The minimum absolute atomic E-state index is 0.165. The second-order valence-electron chi connectivity index (χ2n) is 7.86. The van der Waals surface area contributed by atoms with E-state index < -0.39 is 0 Å². The molecule has 2 aliphatic rings. The number of fused-ring (bicyclic) bond motifs is 2. The van der Waals surface area contributed by atoms with Crippen molar-refractivity contribution in [3.05, 3.63) is 58.7 Å². The molecule has 0 saturated heterocycles. The van der Waals surface area contributed by atoms with E-state index in [1.54, 1.807) is 12.1 Å². The third-order valence-corrected chi connectivity index (χ3v) is 5.62. The fourth-order valence-electron chi connectivity index (χ4n) is 3.93. The number of hydrogen-bond donors (Lipinski definition) is 0. The summed E-state index contributed by atoms with van der Waals surface area (Å²) in [5.74, 6) is 1.40. The minimum Gasteiger partial charge on any atom is -0.494 e. The summed E-state index contributed by atoms with van der Waals surface area (Å²) in [5, 5.41) is 0. The second kappa shape index (κ2) is 9.77. The summed E-state index contributed by atoms with van der Waals surface area (Å²) in [7, 11) is 0. The van der Waals surface area contributed by atoms with Crippen LogP contribution in [0.5, 0.6) is 11.5 Å². The Morgan fingerprint density at radius 3 is 1.84 bits per heavy atom. The molecule has 0 fully saturated rings. The van der Waals surface area contributed by atoms with E-state index in [9.17, 15) is 14.4 Å². The van der Waals surface area contributed by atoms with E-state index in [2.05, 4.69) is 0 Å². The van der Waals surface area contributed by atoms with Crippen LogP contribution in [0.2, 0.25) is 0 Å². The summed E-state index contributed by atoms with van der Waals surface area (Å²) in [6.07, 6.45) is 4.16. The molecule has 0 saturated carbocycles. The second-order valence-corrected chi connectivity index (χ2v) is 7.86. The quantitative estimate of drug-likeness (QED) is 0.423. The van der Waals surface area contributed by atoms with Gasteiger partial charge in [-0.15, -0.1) is 0 Å². The van der Waals surface area contributed by atoms with Gasteiger partial charge in [-0.25, -0.2) is 0 Å². The van der Waals surface area contributed by atoms with Crippen molar-refractivity contribution < 1.29 is 28.6 Å². The Labute approximate surface area is 181 Å². The van der Waals surface area contributed by atoms with Crippen LogP contribution < -0.4 is 9.47 Å². The summed E-state index contributed by atoms with van der Waals surface area (Å²) >= 11 is 0. The molecule has 0 bridgehead atoms. The van der Waals surface area contributed by atoms with Gasteiger partial charge in [-0.05, 0) is 54.7 Å². The van der Waals surface area contributed by atoms with Crippen molar-refractivity contribution in [1.29, 1.82) is 0 Å². The van der Waals surface area contributed by atoms with E-state index >= 15 is 0 Å². The van der Waals surface area contributed by atoms with Gasteiger partial charge in [0, 0.05) is 36.8 Å². The van der Waals surface area contributed by atoms with E-state index in [4.69, 9.17) is 14.2 Å².